The minimum atomic E-state index is -0.0904. The van der Waals surface area contributed by atoms with Crippen molar-refractivity contribution in [3.8, 4) is 5.75 Å². The summed E-state index contributed by atoms with van der Waals surface area (Å²) in [6.45, 7) is 4.69. The molecule has 2 rings (SSSR count). The summed E-state index contributed by atoms with van der Waals surface area (Å²) in [7, 11) is 2.13. The second kappa shape index (κ2) is 6.06. The van der Waals surface area contributed by atoms with Gasteiger partial charge < -0.3 is 15.3 Å². The van der Waals surface area contributed by atoms with Gasteiger partial charge >= 0.3 is 0 Å². The van der Waals surface area contributed by atoms with Gasteiger partial charge in [0.05, 0.1) is 0 Å². The van der Waals surface area contributed by atoms with Crippen molar-refractivity contribution < 1.29 is 9.90 Å². The molecule has 1 saturated heterocycles. The number of rotatable bonds is 3. The Kier molecular flexibility index (Phi) is 4.43. The zero-order valence-corrected chi connectivity index (χ0v) is 11.6. The normalized spacial score (nSPS) is 17.4. The molecule has 0 unspecified atom stereocenters. The van der Waals surface area contributed by atoms with Gasteiger partial charge in [-0.1, -0.05) is 6.07 Å². The van der Waals surface area contributed by atoms with E-state index in [-0.39, 0.29) is 11.7 Å². The summed E-state index contributed by atoms with van der Waals surface area (Å²) in [4.78, 5) is 14.4. The van der Waals surface area contributed by atoms with Crippen molar-refractivity contribution in [2.24, 2.45) is 5.92 Å². The van der Waals surface area contributed by atoms with Crippen LogP contribution in [0, 0.1) is 12.8 Å². The molecular formula is C15H22N2O2. The predicted octanol–water partition coefficient (Wildman–Crippen LogP) is 1.77. The summed E-state index contributed by atoms with van der Waals surface area (Å²) in [5.74, 6) is 0.650. The molecule has 4 nitrogen and oxygen atoms in total. The van der Waals surface area contributed by atoms with Crippen LogP contribution in [0.1, 0.15) is 28.8 Å². The molecule has 0 aliphatic carbocycles. The molecule has 1 aromatic carbocycles. The summed E-state index contributed by atoms with van der Waals surface area (Å²) < 4.78 is 0. The van der Waals surface area contributed by atoms with Gasteiger partial charge in [0.15, 0.2) is 0 Å². The molecule has 0 aromatic heterocycles. The highest BCUT2D eigenvalue weighted by atomic mass is 16.3. The maximum absolute atomic E-state index is 12.1. The van der Waals surface area contributed by atoms with Gasteiger partial charge in [0.25, 0.3) is 5.91 Å². The van der Waals surface area contributed by atoms with Crippen molar-refractivity contribution in [3.05, 3.63) is 29.3 Å². The number of hydrogen-bond acceptors (Lipinski definition) is 3. The number of phenolic OH excluding ortho intramolecular Hbond substituents is 1. The van der Waals surface area contributed by atoms with Crippen LogP contribution in [-0.4, -0.2) is 42.6 Å². The average Bonchev–Trinajstić information content (AvgIpc) is 2.41. The lowest BCUT2D eigenvalue weighted by Gasteiger charge is -2.29. The van der Waals surface area contributed by atoms with Crippen molar-refractivity contribution in [3.63, 3.8) is 0 Å². The highest BCUT2D eigenvalue weighted by molar-refractivity contribution is 5.96. The molecule has 0 saturated carbocycles. The number of piperidine rings is 1. The molecule has 1 aliphatic heterocycles. The van der Waals surface area contributed by atoms with Crippen LogP contribution >= 0.6 is 0 Å². The molecule has 104 valence electrons. The number of benzene rings is 1. The van der Waals surface area contributed by atoms with Gasteiger partial charge in [-0.3, -0.25) is 4.79 Å². The van der Waals surface area contributed by atoms with Crippen LogP contribution in [0.3, 0.4) is 0 Å². The van der Waals surface area contributed by atoms with E-state index in [9.17, 15) is 9.90 Å². The largest absolute Gasteiger partial charge is 0.508 e. The molecular weight excluding hydrogens is 240 g/mol. The number of amides is 1. The third kappa shape index (κ3) is 3.47. The van der Waals surface area contributed by atoms with Crippen LogP contribution < -0.4 is 5.32 Å². The Morgan fingerprint density at radius 3 is 2.79 bits per heavy atom. The van der Waals surface area contributed by atoms with E-state index in [0.717, 1.165) is 32.5 Å². The molecule has 1 heterocycles. The van der Waals surface area contributed by atoms with Gasteiger partial charge in [-0.25, -0.2) is 0 Å². The predicted molar refractivity (Wildman–Crippen MR) is 75.4 cm³/mol. The molecule has 4 heteroatoms. The lowest BCUT2D eigenvalue weighted by atomic mass is 9.97. The topological polar surface area (TPSA) is 52.6 Å². The fourth-order valence-electron chi connectivity index (χ4n) is 2.47. The maximum atomic E-state index is 12.1. The first-order valence-corrected chi connectivity index (χ1v) is 6.83. The molecule has 0 radical (unpaired) electrons. The molecule has 0 spiro atoms. The number of phenols is 1. The minimum Gasteiger partial charge on any atom is -0.508 e. The zero-order valence-electron chi connectivity index (χ0n) is 11.6. The first-order chi connectivity index (χ1) is 9.08. The second-order valence-electron chi connectivity index (χ2n) is 5.41. The minimum absolute atomic E-state index is 0.0904. The van der Waals surface area contributed by atoms with Gasteiger partial charge in [0.1, 0.15) is 5.75 Å². The van der Waals surface area contributed by atoms with E-state index >= 15 is 0 Å². The molecule has 1 aliphatic rings. The number of hydrogen-bond donors (Lipinski definition) is 2. The molecule has 1 amide bonds. The Bertz CT molecular complexity index is 451. The molecule has 2 N–H and O–H groups in total. The smallest absolute Gasteiger partial charge is 0.251 e. The number of nitrogens with one attached hydrogen (secondary N) is 1. The standard InChI is InChI=1S/C15H22N2O2/c1-11-13(4-3-5-14(11)18)15(19)16-10-12-6-8-17(2)9-7-12/h3-5,12,18H,6-10H2,1-2H3,(H,16,19). The lowest BCUT2D eigenvalue weighted by molar-refractivity contribution is 0.0938. The first-order valence-electron chi connectivity index (χ1n) is 6.83. The van der Waals surface area contributed by atoms with Crippen molar-refractivity contribution in [2.45, 2.75) is 19.8 Å². The Balaban J connectivity index is 1.89. The number of likely N-dealkylation sites (tertiary alicyclic amines) is 1. The summed E-state index contributed by atoms with van der Waals surface area (Å²) in [5.41, 5.74) is 1.20. The van der Waals surface area contributed by atoms with Crippen LogP contribution in [0.4, 0.5) is 0 Å². The van der Waals surface area contributed by atoms with Crippen LogP contribution in [0.2, 0.25) is 0 Å². The van der Waals surface area contributed by atoms with Crippen LogP contribution in [0.15, 0.2) is 18.2 Å². The van der Waals surface area contributed by atoms with Gasteiger partial charge in [0.2, 0.25) is 0 Å². The fraction of sp³-hybridized carbons (Fsp3) is 0.533. The monoisotopic (exact) mass is 262 g/mol. The second-order valence-corrected chi connectivity index (χ2v) is 5.41. The quantitative estimate of drug-likeness (QED) is 0.873. The summed E-state index contributed by atoms with van der Waals surface area (Å²) >= 11 is 0. The maximum Gasteiger partial charge on any atom is 0.251 e. The van der Waals surface area contributed by atoms with Crippen LogP contribution in [-0.2, 0) is 0 Å². The summed E-state index contributed by atoms with van der Waals surface area (Å²) in [6.07, 6.45) is 2.27. The SMILES string of the molecule is Cc1c(O)cccc1C(=O)NCC1CCN(C)CC1. The molecule has 19 heavy (non-hydrogen) atoms. The van der Waals surface area contributed by atoms with E-state index in [1.165, 1.54) is 0 Å². The Morgan fingerprint density at radius 1 is 1.42 bits per heavy atom. The molecule has 0 bridgehead atoms. The van der Waals surface area contributed by atoms with E-state index < -0.39 is 0 Å². The zero-order chi connectivity index (χ0) is 13.8. The number of carbonyl (C=O) groups is 1. The highest BCUT2D eigenvalue weighted by Crippen LogP contribution is 2.20. The van der Waals surface area contributed by atoms with Crippen molar-refractivity contribution in [1.82, 2.24) is 10.2 Å². The van der Waals surface area contributed by atoms with E-state index in [1.54, 1.807) is 25.1 Å². The first kappa shape index (κ1) is 13.9. The van der Waals surface area contributed by atoms with Crippen molar-refractivity contribution >= 4 is 5.91 Å². The third-order valence-electron chi connectivity index (χ3n) is 3.94. The van der Waals surface area contributed by atoms with Gasteiger partial charge in [-0.05, 0) is 58.0 Å². The number of carbonyl (C=O) groups excluding carboxylic acids is 1. The van der Waals surface area contributed by atoms with E-state index in [2.05, 4.69) is 17.3 Å². The van der Waals surface area contributed by atoms with Crippen molar-refractivity contribution in [2.75, 3.05) is 26.7 Å². The van der Waals surface area contributed by atoms with Crippen LogP contribution in [0.25, 0.3) is 0 Å². The number of aromatic hydroxyl groups is 1. The Labute approximate surface area is 114 Å². The summed E-state index contributed by atoms with van der Waals surface area (Å²) in [5, 5.41) is 12.6. The van der Waals surface area contributed by atoms with E-state index in [4.69, 9.17) is 0 Å². The van der Waals surface area contributed by atoms with Gasteiger partial charge in [0, 0.05) is 17.7 Å². The molecule has 0 atom stereocenters. The third-order valence-corrected chi connectivity index (χ3v) is 3.94. The van der Waals surface area contributed by atoms with Gasteiger partial charge in [-0.15, -0.1) is 0 Å². The van der Waals surface area contributed by atoms with Gasteiger partial charge in [-0.2, -0.15) is 0 Å². The molecule has 1 aromatic rings. The van der Waals surface area contributed by atoms with Crippen molar-refractivity contribution in [1.29, 1.82) is 0 Å². The lowest BCUT2D eigenvalue weighted by Crippen LogP contribution is -2.37. The molecule has 1 fully saturated rings. The average molecular weight is 262 g/mol. The summed E-state index contributed by atoms with van der Waals surface area (Å²) in [6, 6.07) is 5.05. The van der Waals surface area contributed by atoms with E-state index in [0.29, 0.717) is 17.0 Å². The number of nitrogens with zero attached hydrogens (tertiary/aromatic N) is 1. The highest BCUT2D eigenvalue weighted by Gasteiger charge is 2.18. The van der Waals surface area contributed by atoms with Crippen LogP contribution in [0.5, 0.6) is 5.75 Å². The Morgan fingerprint density at radius 2 is 2.11 bits per heavy atom. The fourth-order valence-corrected chi connectivity index (χ4v) is 2.47. The van der Waals surface area contributed by atoms with E-state index in [1.807, 2.05) is 0 Å². The Hall–Kier alpha value is -1.55.